The molecule has 0 bridgehead atoms. The molecule has 2 heterocycles. The Hall–Kier alpha value is -2.15. The number of anilines is 1. The summed E-state index contributed by atoms with van der Waals surface area (Å²) in [7, 11) is -3.70. The van der Waals surface area contributed by atoms with Crippen LogP contribution in [0.4, 0.5) is 5.69 Å². The van der Waals surface area contributed by atoms with Gasteiger partial charge in [-0.05, 0) is 19.1 Å². The van der Waals surface area contributed by atoms with Gasteiger partial charge in [-0.2, -0.15) is 5.10 Å². The molecule has 20 heavy (non-hydrogen) atoms. The van der Waals surface area contributed by atoms with E-state index in [9.17, 15) is 13.2 Å². The second-order valence-corrected chi connectivity index (χ2v) is 6.46. The van der Waals surface area contributed by atoms with Crippen LogP contribution in [0.3, 0.4) is 0 Å². The van der Waals surface area contributed by atoms with Crippen molar-refractivity contribution in [2.45, 2.75) is 18.2 Å². The minimum atomic E-state index is -3.70. The molecular weight excluding hydrogens is 278 g/mol. The first-order valence-corrected chi connectivity index (χ1v) is 7.61. The van der Waals surface area contributed by atoms with E-state index >= 15 is 0 Å². The maximum atomic E-state index is 12.7. The Balaban J connectivity index is 2.15. The molecule has 0 radical (unpaired) electrons. The molecule has 6 nitrogen and oxygen atoms in total. The van der Waals surface area contributed by atoms with Crippen LogP contribution in [-0.4, -0.2) is 30.9 Å². The van der Waals surface area contributed by atoms with Crippen molar-refractivity contribution in [3.05, 3.63) is 41.7 Å². The topological polar surface area (TPSA) is 83.1 Å². The number of nitrogens with one attached hydrogen (secondary N) is 1. The lowest BCUT2D eigenvalue weighted by Crippen LogP contribution is -2.37. The number of aromatic amines is 1. The molecule has 0 atom stereocenters. The van der Waals surface area contributed by atoms with E-state index in [1.165, 1.54) is 10.5 Å². The predicted octanol–water partition coefficient (Wildman–Crippen LogP) is 1.50. The van der Waals surface area contributed by atoms with Crippen LogP contribution in [0.5, 0.6) is 0 Å². The fraction of sp³-hybridized carbons (Fsp3) is 0.231. The number of aromatic nitrogens is 2. The lowest BCUT2D eigenvalue weighted by atomic mass is 10.0. The number of carbonyl (C=O) groups excluding carboxylic acids is 1. The summed E-state index contributed by atoms with van der Waals surface area (Å²) >= 11 is 0. The average Bonchev–Trinajstić information content (AvgIpc) is 2.86. The lowest BCUT2D eigenvalue weighted by Gasteiger charge is -2.29. The van der Waals surface area contributed by atoms with Gasteiger partial charge in [-0.15, -0.1) is 0 Å². The standard InChI is InChI=1S/C13H13N3O3S/c1-9-13(8-14-15-9)20(18,19)16-7-6-12(17)10-4-2-3-5-11(10)16/h2-5,8H,6-7H2,1H3,(H,14,15). The van der Waals surface area contributed by atoms with E-state index in [0.717, 1.165) is 0 Å². The fourth-order valence-electron chi connectivity index (χ4n) is 2.35. The van der Waals surface area contributed by atoms with Gasteiger partial charge in [0.05, 0.1) is 17.6 Å². The number of benzene rings is 1. The predicted molar refractivity (Wildman–Crippen MR) is 73.2 cm³/mol. The Bertz CT molecular complexity index is 780. The first-order chi connectivity index (χ1) is 9.51. The summed E-state index contributed by atoms with van der Waals surface area (Å²) in [5.41, 5.74) is 1.37. The number of Topliss-reactive ketones (excluding diaryl/α,β-unsaturated/α-hetero) is 1. The van der Waals surface area contributed by atoms with Crippen molar-refractivity contribution in [2.24, 2.45) is 0 Å². The zero-order chi connectivity index (χ0) is 14.3. The number of carbonyl (C=O) groups is 1. The minimum Gasteiger partial charge on any atom is -0.294 e. The van der Waals surface area contributed by atoms with Gasteiger partial charge in [0.15, 0.2) is 5.78 Å². The molecular formula is C13H13N3O3S. The second-order valence-electron chi connectivity index (χ2n) is 4.63. The van der Waals surface area contributed by atoms with Crippen LogP contribution >= 0.6 is 0 Å². The van der Waals surface area contributed by atoms with Crippen LogP contribution in [0, 0.1) is 6.92 Å². The summed E-state index contributed by atoms with van der Waals surface area (Å²) in [6.07, 6.45) is 1.48. The fourth-order valence-corrected chi connectivity index (χ4v) is 3.96. The van der Waals surface area contributed by atoms with Gasteiger partial charge in [0.25, 0.3) is 10.0 Å². The van der Waals surface area contributed by atoms with Gasteiger partial charge in [-0.25, -0.2) is 8.42 Å². The van der Waals surface area contributed by atoms with Crippen LogP contribution < -0.4 is 4.31 Å². The van der Waals surface area contributed by atoms with Crippen LogP contribution in [0.25, 0.3) is 0 Å². The van der Waals surface area contributed by atoms with E-state index < -0.39 is 10.0 Å². The SMILES string of the molecule is Cc1[nH]ncc1S(=O)(=O)N1CCC(=O)c2ccccc21. The van der Waals surface area contributed by atoms with Crippen LogP contribution in [0.1, 0.15) is 22.5 Å². The highest BCUT2D eigenvalue weighted by Gasteiger charge is 2.33. The molecule has 1 N–H and O–H groups in total. The highest BCUT2D eigenvalue weighted by atomic mass is 32.2. The highest BCUT2D eigenvalue weighted by Crippen LogP contribution is 2.32. The zero-order valence-corrected chi connectivity index (χ0v) is 11.6. The summed E-state index contributed by atoms with van der Waals surface area (Å²) in [6, 6.07) is 6.76. The zero-order valence-electron chi connectivity index (χ0n) is 10.8. The Morgan fingerprint density at radius 2 is 2.05 bits per heavy atom. The highest BCUT2D eigenvalue weighted by molar-refractivity contribution is 7.92. The number of fused-ring (bicyclic) bond motifs is 1. The minimum absolute atomic E-state index is 0.0315. The molecule has 0 aliphatic carbocycles. The van der Waals surface area contributed by atoms with Crippen molar-refractivity contribution in [3.8, 4) is 0 Å². The maximum Gasteiger partial charge on any atom is 0.267 e. The van der Waals surface area contributed by atoms with Gasteiger partial charge in [0.1, 0.15) is 4.90 Å². The molecule has 2 aromatic rings. The molecule has 0 unspecified atom stereocenters. The van der Waals surface area contributed by atoms with Crippen LogP contribution in [0.2, 0.25) is 0 Å². The molecule has 1 aliphatic heterocycles. The monoisotopic (exact) mass is 291 g/mol. The summed E-state index contributed by atoms with van der Waals surface area (Å²) < 4.78 is 26.7. The molecule has 0 saturated heterocycles. The van der Waals surface area contributed by atoms with Crippen molar-refractivity contribution < 1.29 is 13.2 Å². The van der Waals surface area contributed by atoms with E-state index in [0.29, 0.717) is 16.9 Å². The third kappa shape index (κ3) is 1.82. The molecule has 1 aromatic heterocycles. The van der Waals surface area contributed by atoms with E-state index in [2.05, 4.69) is 10.2 Å². The molecule has 7 heteroatoms. The van der Waals surface area contributed by atoms with E-state index in [1.807, 2.05) is 0 Å². The number of rotatable bonds is 2. The summed E-state index contributed by atoms with van der Waals surface area (Å²) in [5, 5.41) is 6.38. The number of nitrogens with zero attached hydrogens (tertiary/aromatic N) is 2. The van der Waals surface area contributed by atoms with Crippen molar-refractivity contribution in [2.75, 3.05) is 10.8 Å². The van der Waals surface area contributed by atoms with Gasteiger partial charge < -0.3 is 0 Å². The molecule has 0 saturated carbocycles. The Morgan fingerprint density at radius 1 is 1.30 bits per heavy atom. The largest absolute Gasteiger partial charge is 0.294 e. The summed E-state index contributed by atoms with van der Waals surface area (Å²) in [4.78, 5) is 12.0. The molecule has 0 spiro atoms. The normalized spacial score (nSPS) is 15.2. The van der Waals surface area contributed by atoms with Crippen molar-refractivity contribution in [1.29, 1.82) is 0 Å². The Morgan fingerprint density at radius 3 is 2.75 bits per heavy atom. The van der Waals surface area contributed by atoms with Crippen LogP contribution in [-0.2, 0) is 10.0 Å². The molecule has 1 aliphatic rings. The first-order valence-electron chi connectivity index (χ1n) is 6.17. The molecule has 1 aromatic carbocycles. The Labute approximate surface area is 116 Å². The van der Waals surface area contributed by atoms with E-state index in [4.69, 9.17) is 0 Å². The molecule has 3 rings (SSSR count). The second kappa shape index (κ2) is 4.45. The van der Waals surface area contributed by atoms with Crippen molar-refractivity contribution in [1.82, 2.24) is 10.2 Å². The smallest absolute Gasteiger partial charge is 0.267 e. The lowest BCUT2D eigenvalue weighted by molar-refractivity contribution is 0.0982. The van der Waals surface area contributed by atoms with Gasteiger partial charge in [-0.1, -0.05) is 12.1 Å². The number of para-hydroxylation sites is 1. The number of hydrogen-bond acceptors (Lipinski definition) is 4. The number of ketones is 1. The molecule has 0 amide bonds. The van der Waals surface area contributed by atoms with Crippen molar-refractivity contribution >= 4 is 21.5 Å². The number of H-pyrrole nitrogens is 1. The van der Waals surface area contributed by atoms with Crippen LogP contribution in [0.15, 0.2) is 35.4 Å². The molecule has 104 valence electrons. The number of sulfonamides is 1. The first kappa shape index (κ1) is 12.9. The van der Waals surface area contributed by atoms with Gasteiger partial charge in [0.2, 0.25) is 0 Å². The summed E-state index contributed by atoms with van der Waals surface area (Å²) in [6.45, 7) is 1.81. The number of aryl methyl sites for hydroxylation is 1. The average molecular weight is 291 g/mol. The quantitative estimate of drug-likeness (QED) is 0.909. The summed E-state index contributed by atoms with van der Waals surface area (Å²) in [5.74, 6) is -0.0315. The van der Waals surface area contributed by atoms with Gasteiger partial charge in [-0.3, -0.25) is 14.2 Å². The maximum absolute atomic E-state index is 12.7. The van der Waals surface area contributed by atoms with Crippen molar-refractivity contribution in [3.63, 3.8) is 0 Å². The van der Waals surface area contributed by atoms with Gasteiger partial charge in [0, 0.05) is 18.5 Å². The van der Waals surface area contributed by atoms with E-state index in [-0.39, 0.29) is 23.6 Å². The third-order valence-electron chi connectivity index (χ3n) is 3.37. The molecule has 0 fully saturated rings. The third-order valence-corrected chi connectivity index (χ3v) is 5.29. The number of hydrogen-bond donors (Lipinski definition) is 1. The van der Waals surface area contributed by atoms with Gasteiger partial charge >= 0.3 is 0 Å². The Kier molecular flexibility index (Phi) is 2.86. The van der Waals surface area contributed by atoms with E-state index in [1.54, 1.807) is 31.2 Å².